The van der Waals surface area contributed by atoms with Crippen molar-refractivity contribution in [3.63, 3.8) is 0 Å². The fraction of sp³-hybridized carbons (Fsp3) is 0.733. The first kappa shape index (κ1) is 14.9. The Hall–Kier alpha value is -1.52. The van der Waals surface area contributed by atoms with E-state index in [-0.39, 0.29) is 11.9 Å². The summed E-state index contributed by atoms with van der Waals surface area (Å²) in [5, 5.41) is 0. The van der Waals surface area contributed by atoms with E-state index in [1.165, 1.54) is 4.74 Å². The number of nitrogens with zero attached hydrogens (tertiary/aromatic N) is 2. The minimum atomic E-state index is -0.399. The van der Waals surface area contributed by atoms with Gasteiger partial charge in [-0.2, -0.15) is 0 Å². The highest BCUT2D eigenvalue weighted by molar-refractivity contribution is 5.76. The summed E-state index contributed by atoms with van der Waals surface area (Å²) in [5.41, 5.74) is 0.821. The zero-order chi connectivity index (χ0) is 15.0. The average Bonchev–Trinajstić information content (AvgIpc) is 2.62. The van der Waals surface area contributed by atoms with E-state index in [0.29, 0.717) is 23.1 Å². The molecular weight excluding hydrogens is 256 g/mol. The Morgan fingerprint density at radius 2 is 1.80 bits per heavy atom. The van der Waals surface area contributed by atoms with Crippen LogP contribution >= 0.6 is 0 Å². The van der Waals surface area contributed by atoms with E-state index in [2.05, 4.69) is 13.8 Å². The molecule has 0 aliphatic carbocycles. The Morgan fingerprint density at radius 1 is 1.25 bits per heavy atom. The van der Waals surface area contributed by atoms with E-state index in [4.69, 9.17) is 4.52 Å². The van der Waals surface area contributed by atoms with Crippen LogP contribution in [-0.2, 0) is 0 Å². The number of amides is 1. The Morgan fingerprint density at radius 3 is 2.25 bits per heavy atom. The van der Waals surface area contributed by atoms with Crippen molar-refractivity contribution in [2.24, 2.45) is 11.8 Å². The van der Waals surface area contributed by atoms with Crippen LogP contribution in [0.1, 0.15) is 51.3 Å². The molecule has 1 aromatic rings. The lowest BCUT2D eigenvalue weighted by molar-refractivity contribution is 0.125. The van der Waals surface area contributed by atoms with Crippen LogP contribution in [0.25, 0.3) is 0 Å². The summed E-state index contributed by atoms with van der Waals surface area (Å²) in [6.45, 7) is 11.4. The Balaban J connectivity index is 2.30. The molecule has 2 heterocycles. The first-order valence-electron chi connectivity index (χ1n) is 7.33. The molecular formula is C15H24N2O3. The molecule has 1 aliphatic rings. The minimum Gasteiger partial charge on any atom is -0.327 e. The van der Waals surface area contributed by atoms with Gasteiger partial charge in [-0.1, -0.05) is 27.7 Å². The lowest BCUT2D eigenvalue weighted by atomic mass is 9.92. The lowest BCUT2D eigenvalue weighted by Crippen LogP contribution is -2.44. The Labute approximate surface area is 119 Å². The van der Waals surface area contributed by atoms with Gasteiger partial charge in [0.2, 0.25) is 0 Å². The molecule has 1 saturated heterocycles. The second kappa shape index (κ2) is 5.46. The maximum Gasteiger partial charge on any atom is 0.361 e. The van der Waals surface area contributed by atoms with Crippen molar-refractivity contribution < 1.29 is 9.32 Å². The minimum absolute atomic E-state index is 0.0551. The summed E-state index contributed by atoms with van der Waals surface area (Å²) in [6, 6.07) is -0.218. The summed E-state index contributed by atoms with van der Waals surface area (Å²) < 4.78 is 6.33. The van der Waals surface area contributed by atoms with Gasteiger partial charge in [0, 0.05) is 13.1 Å². The van der Waals surface area contributed by atoms with Gasteiger partial charge in [-0.25, -0.2) is 9.59 Å². The third-order valence-electron chi connectivity index (χ3n) is 3.98. The molecule has 112 valence electrons. The molecule has 0 N–H and O–H groups in total. The van der Waals surface area contributed by atoms with E-state index in [1.807, 2.05) is 13.8 Å². The van der Waals surface area contributed by atoms with Crippen molar-refractivity contribution in [1.29, 1.82) is 0 Å². The summed E-state index contributed by atoms with van der Waals surface area (Å²) in [5.74, 6) is 1.02. The van der Waals surface area contributed by atoms with Gasteiger partial charge in [0.15, 0.2) is 0 Å². The molecule has 1 fully saturated rings. The van der Waals surface area contributed by atoms with Crippen molar-refractivity contribution in [2.45, 2.75) is 47.0 Å². The summed E-state index contributed by atoms with van der Waals surface area (Å²) in [4.78, 5) is 26.2. The molecule has 2 unspecified atom stereocenters. The molecule has 1 amide bonds. The van der Waals surface area contributed by atoms with Crippen molar-refractivity contribution in [3.8, 4) is 0 Å². The number of carbonyl (C=O) groups excluding carboxylic acids is 1. The standard InChI is InChI=1S/C15H24N2O3/c1-9(2)13-12(5)17(20-14(13)18)15(19)16-7-10(3)6-11(4)8-16/h9-11H,6-8H2,1-5H3. The molecule has 0 bridgehead atoms. The van der Waals surface area contributed by atoms with Crippen molar-refractivity contribution in [2.75, 3.05) is 13.1 Å². The van der Waals surface area contributed by atoms with Crippen molar-refractivity contribution >= 4 is 6.03 Å². The molecule has 1 aliphatic heterocycles. The van der Waals surface area contributed by atoms with Crippen LogP contribution in [-0.4, -0.2) is 28.8 Å². The SMILES string of the molecule is Cc1c(C(C)C)c(=O)on1C(=O)N1CC(C)CC(C)C1. The topological polar surface area (TPSA) is 55.5 Å². The highest BCUT2D eigenvalue weighted by Gasteiger charge is 2.29. The van der Waals surface area contributed by atoms with Gasteiger partial charge >= 0.3 is 11.7 Å². The van der Waals surface area contributed by atoms with Crippen LogP contribution in [0.2, 0.25) is 0 Å². The third-order valence-corrected chi connectivity index (χ3v) is 3.98. The second-order valence-corrected chi connectivity index (χ2v) is 6.46. The number of likely N-dealkylation sites (tertiary alicyclic amines) is 1. The van der Waals surface area contributed by atoms with Crippen molar-refractivity contribution in [3.05, 3.63) is 21.7 Å². The first-order valence-corrected chi connectivity index (χ1v) is 7.33. The van der Waals surface area contributed by atoms with Gasteiger partial charge in [-0.15, -0.1) is 4.74 Å². The zero-order valence-corrected chi connectivity index (χ0v) is 13.0. The van der Waals surface area contributed by atoms with Gasteiger partial charge in [0.05, 0.1) is 11.3 Å². The summed E-state index contributed by atoms with van der Waals surface area (Å²) in [7, 11) is 0. The molecule has 5 nitrogen and oxygen atoms in total. The zero-order valence-electron chi connectivity index (χ0n) is 13.0. The third kappa shape index (κ3) is 2.67. The number of aromatic nitrogens is 1. The van der Waals surface area contributed by atoms with Gasteiger partial charge in [0.1, 0.15) is 0 Å². The molecule has 2 atom stereocenters. The van der Waals surface area contributed by atoms with Gasteiger partial charge in [0.25, 0.3) is 0 Å². The largest absolute Gasteiger partial charge is 0.361 e. The number of hydrogen-bond donors (Lipinski definition) is 0. The van der Waals surface area contributed by atoms with Gasteiger partial charge in [-0.3, -0.25) is 0 Å². The Bertz CT molecular complexity index is 546. The van der Waals surface area contributed by atoms with E-state index in [0.717, 1.165) is 19.5 Å². The number of piperidine rings is 1. The molecule has 5 heteroatoms. The van der Waals surface area contributed by atoms with Crippen LogP contribution in [0.4, 0.5) is 4.79 Å². The van der Waals surface area contributed by atoms with Crippen LogP contribution in [0.15, 0.2) is 9.32 Å². The maximum atomic E-state index is 12.6. The van der Waals surface area contributed by atoms with E-state index < -0.39 is 5.63 Å². The fourth-order valence-corrected chi connectivity index (χ4v) is 3.24. The van der Waals surface area contributed by atoms with Crippen LogP contribution in [0.3, 0.4) is 0 Å². The first-order chi connectivity index (χ1) is 9.31. The molecule has 20 heavy (non-hydrogen) atoms. The van der Waals surface area contributed by atoms with Crippen LogP contribution < -0.4 is 5.63 Å². The second-order valence-electron chi connectivity index (χ2n) is 6.46. The van der Waals surface area contributed by atoms with E-state index >= 15 is 0 Å². The fourth-order valence-electron chi connectivity index (χ4n) is 3.24. The Kier molecular flexibility index (Phi) is 4.06. The summed E-state index contributed by atoms with van der Waals surface area (Å²) in [6.07, 6.45) is 1.13. The molecule has 1 aromatic heterocycles. The lowest BCUT2D eigenvalue weighted by Gasteiger charge is -2.34. The smallest absolute Gasteiger partial charge is 0.327 e. The van der Waals surface area contributed by atoms with Gasteiger partial charge < -0.3 is 9.42 Å². The predicted octanol–water partition coefficient (Wildman–Crippen LogP) is 2.82. The quantitative estimate of drug-likeness (QED) is 0.795. The maximum absolute atomic E-state index is 12.6. The van der Waals surface area contributed by atoms with Crippen LogP contribution in [0.5, 0.6) is 0 Å². The molecule has 0 spiro atoms. The van der Waals surface area contributed by atoms with Gasteiger partial charge in [-0.05, 0) is 31.1 Å². The van der Waals surface area contributed by atoms with E-state index in [9.17, 15) is 9.59 Å². The number of hydrogen-bond acceptors (Lipinski definition) is 3. The molecule has 0 aromatic carbocycles. The average molecular weight is 280 g/mol. The van der Waals surface area contributed by atoms with Crippen LogP contribution in [0, 0.1) is 18.8 Å². The highest BCUT2D eigenvalue weighted by atomic mass is 16.5. The number of carbonyl (C=O) groups is 1. The predicted molar refractivity (Wildman–Crippen MR) is 77.1 cm³/mol. The number of rotatable bonds is 1. The molecule has 2 rings (SSSR count). The highest BCUT2D eigenvalue weighted by Crippen LogP contribution is 2.23. The molecule has 0 radical (unpaired) electrons. The monoisotopic (exact) mass is 280 g/mol. The van der Waals surface area contributed by atoms with Crippen molar-refractivity contribution in [1.82, 2.24) is 9.64 Å². The summed E-state index contributed by atoms with van der Waals surface area (Å²) >= 11 is 0. The van der Waals surface area contributed by atoms with E-state index in [1.54, 1.807) is 11.8 Å². The normalized spacial score (nSPS) is 23.4. The molecule has 0 saturated carbocycles.